The first-order valence-electron chi connectivity index (χ1n) is 6.56. The van der Waals surface area contributed by atoms with E-state index in [9.17, 15) is 21.6 Å². The molecule has 1 aliphatic rings. The van der Waals surface area contributed by atoms with Crippen molar-refractivity contribution in [3.63, 3.8) is 0 Å². The lowest BCUT2D eigenvalue weighted by molar-refractivity contribution is -0.182. The predicted molar refractivity (Wildman–Crippen MR) is 78.2 cm³/mol. The molecule has 0 saturated carbocycles. The zero-order chi connectivity index (χ0) is 16.5. The molecule has 124 valence electrons. The van der Waals surface area contributed by atoms with Crippen LogP contribution in [0.2, 0.25) is 0 Å². The Morgan fingerprint density at radius 1 is 1.36 bits per heavy atom. The number of nitrogens with zero attached hydrogens (tertiary/aromatic N) is 1. The number of piperidine rings is 1. The third-order valence-electron chi connectivity index (χ3n) is 3.61. The Kier molecular flexibility index (Phi) is 5.08. The standard InChI is InChI=1S/C13H15BrF3NO3S/c1-21-12-5-4-10(7-11(12)14)22(19,20)18-6-2-3-9(8-18)13(15,16)17/h4-5,7,9H,2-3,6,8H2,1H3. The molecule has 0 radical (unpaired) electrons. The zero-order valence-corrected chi connectivity index (χ0v) is 14.1. The minimum Gasteiger partial charge on any atom is -0.496 e. The van der Waals surface area contributed by atoms with Crippen LogP contribution in [-0.2, 0) is 10.0 Å². The summed E-state index contributed by atoms with van der Waals surface area (Å²) in [5.74, 6) is -1.16. The van der Waals surface area contributed by atoms with Gasteiger partial charge in [0, 0.05) is 13.1 Å². The van der Waals surface area contributed by atoms with Gasteiger partial charge in [-0.25, -0.2) is 8.42 Å². The summed E-state index contributed by atoms with van der Waals surface area (Å²) < 4.78 is 69.8. The molecule has 1 fully saturated rings. The number of hydrogen-bond acceptors (Lipinski definition) is 3. The molecule has 0 aliphatic carbocycles. The van der Waals surface area contributed by atoms with Gasteiger partial charge in [0.15, 0.2) is 0 Å². The molecule has 1 aromatic rings. The molecule has 1 heterocycles. The first-order chi connectivity index (χ1) is 10.2. The summed E-state index contributed by atoms with van der Waals surface area (Å²) in [7, 11) is -2.52. The molecule has 0 aromatic heterocycles. The molecule has 0 amide bonds. The van der Waals surface area contributed by atoms with Crippen LogP contribution < -0.4 is 4.74 Å². The van der Waals surface area contributed by atoms with Crippen molar-refractivity contribution >= 4 is 26.0 Å². The van der Waals surface area contributed by atoms with E-state index in [0.29, 0.717) is 10.2 Å². The number of benzene rings is 1. The van der Waals surface area contributed by atoms with E-state index in [4.69, 9.17) is 4.74 Å². The summed E-state index contributed by atoms with van der Waals surface area (Å²) in [6.07, 6.45) is -4.22. The highest BCUT2D eigenvalue weighted by atomic mass is 79.9. The third kappa shape index (κ3) is 3.57. The Hall–Kier alpha value is -0.800. The van der Waals surface area contributed by atoms with Crippen molar-refractivity contribution in [3.8, 4) is 5.75 Å². The molecule has 0 spiro atoms. The van der Waals surface area contributed by atoms with Gasteiger partial charge in [-0.05, 0) is 47.0 Å². The van der Waals surface area contributed by atoms with Crippen molar-refractivity contribution in [1.29, 1.82) is 0 Å². The zero-order valence-electron chi connectivity index (χ0n) is 11.7. The molecular formula is C13H15BrF3NO3S. The molecule has 9 heteroatoms. The smallest absolute Gasteiger partial charge is 0.393 e. The quantitative estimate of drug-likeness (QED) is 0.779. The SMILES string of the molecule is COc1ccc(S(=O)(=O)N2CCCC(C(F)(F)F)C2)cc1Br. The second-order valence-corrected chi connectivity index (χ2v) is 7.83. The van der Waals surface area contributed by atoms with E-state index in [0.717, 1.165) is 4.31 Å². The normalized spacial score (nSPS) is 20.9. The number of alkyl halides is 3. The maximum Gasteiger partial charge on any atom is 0.393 e. The van der Waals surface area contributed by atoms with Crippen LogP contribution in [0.15, 0.2) is 27.6 Å². The van der Waals surface area contributed by atoms with Gasteiger partial charge < -0.3 is 4.74 Å². The maximum atomic E-state index is 12.8. The van der Waals surface area contributed by atoms with Gasteiger partial charge in [0.1, 0.15) is 5.75 Å². The van der Waals surface area contributed by atoms with Crippen molar-refractivity contribution in [2.45, 2.75) is 23.9 Å². The van der Waals surface area contributed by atoms with Gasteiger partial charge in [0.05, 0.1) is 22.4 Å². The molecule has 4 nitrogen and oxygen atoms in total. The number of hydrogen-bond donors (Lipinski definition) is 0. The van der Waals surface area contributed by atoms with E-state index in [1.165, 1.54) is 25.3 Å². The Balaban J connectivity index is 2.28. The van der Waals surface area contributed by atoms with E-state index in [1.54, 1.807) is 0 Å². The van der Waals surface area contributed by atoms with Gasteiger partial charge in [0.25, 0.3) is 0 Å². The van der Waals surface area contributed by atoms with Crippen molar-refractivity contribution in [2.24, 2.45) is 5.92 Å². The lowest BCUT2D eigenvalue weighted by Crippen LogP contribution is -2.44. The first-order valence-corrected chi connectivity index (χ1v) is 8.80. The molecule has 1 aliphatic heterocycles. The fraction of sp³-hybridized carbons (Fsp3) is 0.538. The lowest BCUT2D eigenvalue weighted by atomic mass is 9.99. The number of sulfonamides is 1. The van der Waals surface area contributed by atoms with Crippen LogP contribution in [0.4, 0.5) is 13.2 Å². The van der Waals surface area contributed by atoms with Gasteiger partial charge in [-0.3, -0.25) is 0 Å². The monoisotopic (exact) mass is 401 g/mol. The van der Waals surface area contributed by atoms with E-state index >= 15 is 0 Å². The Labute approximate surface area is 135 Å². The number of halogens is 4. The fourth-order valence-corrected chi connectivity index (χ4v) is 4.63. The molecule has 2 rings (SSSR count). The second kappa shape index (κ2) is 6.37. The molecule has 1 unspecified atom stereocenters. The minimum atomic E-state index is -4.38. The van der Waals surface area contributed by atoms with Crippen molar-refractivity contribution in [1.82, 2.24) is 4.31 Å². The van der Waals surface area contributed by atoms with Crippen molar-refractivity contribution < 1.29 is 26.3 Å². The summed E-state index contributed by atoms with van der Waals surface area (Å²) in [6.45, 7) is -0.436. The number of rotatable bonds is 3. The third-order valence-corrected chi connectivity index (χ3v) is 6.09. The summed E-state index contributed by atoms with van der Waals surface area (Å²) in [5, 5.41) is 0. The average Bonchev–Trinajstić information content (AvgIpc) is 2.46. The topological polar surface area (TPSA) is 46.6 Å². The highest BCUT2D eigenvalue weighted by molar-refractivity contribution is 9.10. The van der Waals surface area contributed by atoms with E-state index < -0.39 is 28.7 Å². The molecular weight excluding hydrogens is 387 g/mol. The maximum absolute atomic E-state index is 12.8. The minimum absolute atomic E-state index is 0.0399. The van der Waals surface area contributed by atoms with Gasteiger partial charge in [-0.15, -0.1) is 0 Å². The molecule has 1 atom stereocenters. The summed E-state index contributed by atoms with van der Waals surface area (Å²) >= 11 is 3.18. The van der Waals surface area contributed by atoms with Gasteiger partial charge >= 0.3 is 6.18 Å². The second-order valence-electron chi connectivity index (χ2n) is 5.04. The highest BCUT2D eigenvalue weighted by Gasteiger charge is 2.44. The van der Waals surface area contributed by atoms with Crippen LogP contribution >= 0.6 is 15.9 Å². The Morgan fingerprint density at radius 3 is 2.59 bits per heavy atom. The lowest BCUT2D eigenvalue weighted by Gasteiger charge is -2.32. The van der Waals surface area contributed by atoms with Crippen molar-refractivity contribution in [2.75, 3.05) is 20.2 Å². The Morgan fingerprint density at radius 2 is 2.05 bits per heavy atom. The van der Waals surface area contributed by atoms with Crippen LogP contribution in [0.1, 0.15) is 12.8 Å². The summed E-state index contributed by atoms with van der Waals surface area (Å²) in [6, 6.07) is 4.13. The summed E-state index contributed by atoms with van der Waals surface area (Å²) in [5.41, 5.74) is 0. The highest BCUT2D eigenvalue weighted by Crippen LogP contribution is 2.36. The van der Waals surface area contributed by atoms with E-state index in [1.807, 2.05) is 0 Å². The number of ether oxygens (including phenoxy) is 1. The molecule has 0 bridgehead atoms. The van der Waals surface area contributed by atoms with Crippen LogP contribution in [0, 0.1) is 5.92 Å². The van der Waals surface area contributed by atoms with Crippen LogP contribution in [0.25, 0.3) is 0 Å². The average molecular weight is 402 g/mol. The summed E-state index contributed by atoms with van der Waals surface area (Å²) in [4.78, 5) is -0.0528. The number of methoxy groups -OCH3 is 1. The molecule has 22 heavy (non-hydrogen) atoms. The van der Waals surface area contributed by atoms with Gasteiger partial charge in [-0.1, -0.05) is 0 Å². The molecule has 1 saturated heterocycles. The first kappa shape index (κ1) is 17.6. The predicted octanol–water partition coefficient (Wildman–Crippen LogP) is 3.42. The molecule has 1 aromatic carbocycles. The van der Waals surface area contributed by atoms with E-state index in [-0.39, 0.29) is 24.3 Å². The largest absolute Gasteiger partial charge is 0.496 e. The fourth-order valence-electron chi connectivity index (χ4n) is 2.38. The van der Waals surface area contributed by atoms with Gasteiger partial charge in [-0.2, -0.15) is 17.5 Å². The van der Waals surface area contributed by atoms with Crippen LogP contribution in [0.3, 0.4) is 0 Å². The van der Waals surface area contributed by atoms with Crippen molar-refractivity contribution in [3.05, 3.63) is 22.7 Å². The van der Waals surface area contributed by atoms with E-state index in [2.05, 4.69) is 15.9 Å². The van der Waals surface area contributed by atoms with Gasteiger partial charge in [0.2, 0.25) is 10.0 Å². The van der Waals surface area contributed by atoms with Crippen LogP contribution in [-0.4, -0.2) is 39.1 Å². The van der Waals surface area contributed by atoms with Crippen LogP contribution in [0.5, 0.6) is 5.75 Å². The molecule has 0 N–H and O–H groups in total. The Bertz CT molecular complexity index is 648.